The second-order valence-corrected chi connectivity index (χ2v) is 6.14. The molecule has 2 rings (SSSR count). The van der Waals surface area contributed by atoms with Gasteiger partial charge in [-0.3, -0.25) is 24.1 Å². The number of hydrogen-bond acceptors (Lipinski definition) is 4. The molecule has 7 nitrogen and oxygen atoms in total. The molecule has 0 aromatic rings. The van der Waals surface area contributed by atoms with Gasteiger partial charge in [-0.25, -0.2) is 0 Å². The van der Waals surface area contributed by atoms with Gasteiger partial charge in [0.05, 0.1) is 18.4 Å². The second-order valence-electron chi connectivity index (χ2n) is 6.14. The zero-order valence-electron chi connectivity index (χ0n) is 13.1. The molecule has 122 valence electrons. The Bertz CT molecular complexity index is 465. The van der Waals surface area contributed by atoms with Crippen molar-refractivity contribution in [3.05, 3.63) is 0 Å². The number of fused-ring (bicyclic) bond motifs is 1. The minimum Gasteiger partial charge on any atom is -0.347 e. The van der Waals surface area contributed by atoms with E-state index in [4.69, 9.17) is 0 Å². The van der Waals surface area contributed by atoms with E-state index >= 15 is 0 Å². The van der Waals surface area contributed by atoms with Crippen LogP contribution in [0.25, 0.3) is 0 Å². The monoisotopic (exact) mass is 309 g/mol. The lowest BCUT2D eigenvalue weighted by molar-refractivity contribution is -0.140. The molecule has 0 unspecified atom stereocenters. The average Bonchev–Trinajstić information content (AvgIpc) is 2.75. The minimum absolute atomic E-state index is 0.0393. The molecule has 0 aromatic heterocycles. The van der Waals surface area contributed by atoms with E-state index in [-0.39, 0.29) is 55.0 Å². The van der Waals surface area contributed by atoms with Crippen LogP contribution in [0.4, 0.5) is 0 Å². The van der Waals surface area contributed by atoms with Gasteiger partial charge in [-0.1, -0.05) is 12.8 Å². The average molecular weight is 309 g/mol. The minimum atomic E-state index is -0.328. The van der Waals surface area contributed by atoms with Crippen molar-refractivity contribution in [2.75, 3.05) is 27.2 Å². The van der Waals surface area contributed by atoms with Crippen LogP contribution in [0, 0.1) is 11.8 Å². The third-order valence-corrected chi connectivity index (χ3v) is 4.43. The smallest absolute Gasteiger partial charge is 0.241 e. The summed E-state index contributed by atoms with van der Waals surface area (Å²) in [6, 6.07) is 0. The van der Waals surface area contributed by atoms with E-state index in [1.807, 2.05) is 0 Å². The van der Waals surface area contributed by atoms with E-state index in [2.05, 4.69) is 5.32 Å². The van der Waals surface area contributed by atoms with E-state index < -0.39 is 0 Å². The molecule has 7 heteroatoms. The molecule has 1 aliphatic heterocycles. The summed E-state index contributed by atoms with van der Waals surface area (Å²) in [5.41, 5.74) is 0. The van der Waals surface area contributed by atoms with Crippen LogP contribution >= 0.6 is 0 Å². The predicted octanol–water partition coefficient (Wildman–Crippen LogP) is -0.244. The summed E-state index contributed by atoms with van der Waals surface area (Å²) < 4.78 is 0. The molecule has 0 radical (unpaired) electrons. The van der Waals surface area contributed by atoms with Gasteiger partial charge in [-0.05, 0) is 12.8 Å². The Balaban J connectivity index is 1.81. The summed E-state index contributed by atoms with van der Waals surface area (Å²) in [7, 11) is 3.22. The van der Waals surface area contributed by atoms with Crippen LogP contribution < -0.4 is 5.32 Å². The van der Waals surface area contributed by atoms with Crippen molar-refractivity contribution in [3.63, 3.8) is 0 Å². The molecule has 0 spiro atoms. The maximum Gasteiger partial charge on any atom is 0.241 e. The maximum atomic E-state index is 12.2. The lowest BCUT2D eigenvalue weighted by Gasteiger charge is -2.19. The molecule has 0 bridgehead atoms. The van der Waals surface area contributed by atoms with Crippen molar-refractivity contribution in [3.8, 4) is 0 Å². The number of hydrogen-bond donors (Lipinski definition) is 1. The quantitative estimate of drug-likeness (QED) is 0.710. The highest BCUT2D eigenvalue weighted by atomic mass is 16.2. The molecular weight excluding hydrogens is 286 g/mol. The molecule has 1 aliphatic carbocycles. The first-order chi connectivity index (χ1) is 10.4. The third-order valence-electron chi connectivity index (χ3n) is 4.43. The Morgan fingerprint density at radius 2 is 1.68 bits per heavy atom. The molecule has 1 saturated heterocycles. The highest BCUT2D eigenvalue weighted by Crippen LogP contribution is 2.37. The van der Waals surface area contributed by atoms with Crippen molar-refractivity contribution in [1.82, 2.24) is 15.1 Å². The lowest BCUT2D eigenvalue weighted by Crippen LogP contribution is -2.39. The van der Waals surface area contributed by atoms with Crippen LogP contribution in [0.3, 0.4) is 0 Å². The van der Waals surface area contributed by atoms with Crippen molar-refractivity contribution in [2.45, 2.75) is 32.1 Å². The Hall–Kier alpha value is -1.92. The SMILES string of the molecule is CN(C)C(=O)CNC(=O)CCN1C(=O)[C@H]2CCCC[C@@H]2C1=O. The van der Waals surface area contributed by atoms with Gasteiger partial charge in [0.2, 0.25) is 23.6 Å². The van der Waals surface area contributed by atoms with Gasteiger partial charge in [0, 0.05) is 27.1 Å². The van der Waals surface area contributed by atoms with Crippen molar-refractivity contribution in [2.24, 2.45) is 11.8 Å². The number of imide groups is 1. The Morgan fingerprint density at radius 1 is 1.14 bits per heavy atom. The molecule has 2 aliphatic rings. The van der Waals surface area contributed by atoms with Crippen molar-refractivity contribution in [1.29, 1.82) is 0 Å². The number of nitrogens with one attached hydrogen (secondary N) is 1. The molecular formula is C15H23N3O4. The molecule has 2 atom stereocenters. The summed E-state index contributed by atoms with van der Waals surface area (Å²) in [6.07, 6.45) is 3.56. The van der Waals surface area contributed by atoms with E-state index in [0.717, 1.165) is 25.7 Å². The standard InChI is InChI=1S/C15H23N3O4/c1-17(2)13(20)9-16-12(19)7-8-18-14(21)10-5-3-4-6-11(10)15(18)22/h10-11H,3-9H2,1-2H3,(H,16,19)/t10-,11-/m0/s1. The number of amides is 4. The normalized spacial score (nSPS) is 24.2. The van der Waals surface area contributed by atoms with Crippen LogP contribution in [0.15, 0.2) is 0 Å². The topological polar surface area (TPSA) is 86.8 Å². The number of likely N-dealkylation sites (N-methyl/N-ethyl adjacent to an activating group) is 1. The largest absolute Gasteiger partial charge is 0.347 e. The fraction of sp³-hybridized carbons (Fsp3) is 0.733. The molecule has 2 fully saturated rings. The zero-order valence-corrected chi connectivity index (χ0v) is 13.1. The molecule has 0 aromatic carbocycles. The molecule has 1 heterocycles. The number of carbonyl (C=O) groups excluding carboxylic acids is 4. The van der Waals surface area contributed by atoms with Gasteiger partial charge in [-0.15, -0.1) is 0 Å². The first kappa shape index (κ1) is 16.5. The fourth-order valence-corrected chi connectivity index (χ4v) is 3.09. The number of carbonyl (C=O) groups is 4. The van der Waals surface area contributed by atoms with Gasteiger partial charge in [0.15, 0.2) is 0 Å². The highest BCUT2D eigenvalue weighted by molar-refractivity contribution is 6.05. The first-order valence-corrected chi connectivity index (χ1v) is 7.74. The van der Waals surface area contributed by atoms with E-state index in [9.17, 15) is 19.2 Å². The lowest BCUT2D eigenvalue weighted by atomic mass is 9.81. The molecule has 22 heavy (non-hydrogen) atoms. The molecule has 4 amide bonds. The van der Waals surface area contributed by atoms with Crippen molar-refractivity contribution >= 4 is 23.6 Å². The fourth-order valence-electron chi connectivity index (χ4n) is 3.09. The number of nitrogens with zero attached hydrogens (tertiary/aromatic N) is 2. The van der Waals surface area contributed by atoms with Gasteiger partial charge >= 0.3 is 0 Å². The summed E-state index contributed by atoms with van der Waals surface area (Å²) in [4.78, 5) is 50.2. The van der Waals surface area contributed by atoms with Gasteiger partial charge < -0.3 is 10.2 Å². The molecule has 1 saturated carbocycles. The van der Waals surface area contributed by atoms with E-state index in [1.165, 1.54) is 9.80 Å². The highest BCUT2D eigenvalue weighted by Gasteiger charge is 2.47. The predicted molar refractivity (Wildman–Crippen MR) is 78.5 cm³/mol. The van der Waals surface area contributed by atoms with Gasteiger partial charge in [-0.2, -0.15) is 0 Å². The van der Waals surface area contributed by atoms with Crippen molar-refractivity contribution < 1.29 is 19.2 Å². The van der Waals surface area contributed by atoms with E-state index in [0.29, 0.717) is 0 Å². The van der Waals surface area contributed by atoms with E-state index in [1.54, 1.807) is 14.1 Å². The Labute approximate surface area is 130 Å². The first-order valence-electron chi connectivity index (χ1n) is 7.74. The second kappa shape index (κ2) is 6.89. The van der Waals surface area contributed by atoms with Crippen LogP contribution in [0.1, 0.15) is 32.1 Å². The van der Waals surface area contributed by atoms with Crippen LogP contribution in [-0.2, 0) is 19.2 Å². The molecule has 1 N–H and O–H groups in total. The van der Waals surface area contributed by atoms with Crippen LogP contribution in [-0.4, -0.2) is 60.6 Å². The van der Waals surface area contributed by atoms with Gasteiger partial charge in [0.25, 0.3) is 0 Å². The van der Waals surface area contributed by atoms with Crippen LogP contribution in [0.5, 0.6) is 0 Å². The maximum absolute atomic E-state index is 12.2. The summed E-state index contributed by atoms with van der Waals surface area (Å²) in [5, 5.41) is 2.50. The van der Waals surface area contributed by atoms with Gasteiger partial charge in [0.1, 0.15) is 0 Å². The Kier molecular flexibility index (Phi) is 5.15. The number of likely N-dealkylation sites (tertiary alicyclic amines) is 1. The number of rotatable bonds is 5. The van der Waals surface area contributed by atoms with Crippen LogP contribution in [0.2, 0.25) is 0 Å². The summed E-state index contributed by atoms with van der Waals surface area (Å²) >= 11 is 0. The summed E-state index contributed by atoms with van der Waals surface area (Å²) in [6.45, 7) is 0.0334. The summed E-state index contributed by atoms with van der Waals surface area (Å²) in [5.74, 6) is -1.16. The third kappa shape index (κ3) is 3.45. The Morgan fingerprint density at radius 3 is 2.18 bits per heavy atom. The zero-order chi connectivity index (χ0) is 16.3.